The van der Waals surface area contributed by atoms with Crippen LogP contribution in [-0.4, -0.2) is 53.6 Å². The Morgan fingerprint density at radius 2 is 1.85 bits per heavy atom. The zero-order chi connectivity index (χ0) is 18.5. The van der Waals surface area contributed by atoms with Crippen LogP contribution in [0.5, 0.6) is 0 Å². The SMILES string of the molecule is CCNc1cc(N2CCN(C(=O)Nc3ccc(Br)cc3)CC2)nc(C)n1. The second-order valence-electron chi connectivity index (χ2n) is 6.10. The number of halogens is 1. The fraction of sp³-hybridized carbons (Fsp3) is 0.389. The lowest BCUT2D eigenvalue weighted by molar-refractivity contribution is 0.208. The van der Waals surface area contributed by atoms with Crippen molar-refractivity contribution in [3.63, 3.8) is 0 Å². The molecule has 7 nitrogen and oxygen atoms in total. The molecule has 8 heteroatoms. The molecule has 0 atom stereocenters. The molecular weight excluding hydrogens is 396 g/mol. The Balaban J connectivity index is 1.58. The van der Waals surface area contributed by atoms with Gasteiger partial charge in [-0.1, -0.05) is 15.9 Å². The van der Waals surface area contributed by atoms with Crippen molar-refractivity contribution in [3.05, 3.63) is 40.6 Å². The molecular formula is C18H23BrN6O. The molecule has 2 heterocycles. The van der Waals surface area contributed by atoms with Crippen molar-refractivity contribution in [1.82, 2.24) is 14.9 Å². The van der Waals surface area contributed by atoms with Gasteiger partial charge in [-0.25, -0.2) is 14.8 Å². The lowest BCUT2D eigenvalue weighted by atomic mass is 10.3. The average Bonchev–Trinajstić information content (AvgIpc) is 2.63. The van der Waals surface area contributed by atoms with E-state index in [9.17, 15) is 4.79 Å². The number of anilines is 3. The average molecular weight is 419 g/mol. The molecule has 2 N–H and O–H groups in total. The summed E-state index contributed by atoms with van der Waals surface area (Å²) in [6.45, 7) is 7.56. The van der Waals surface area contributed by atoms with Crippen LogP contribution in [-0.2, 0) is 0 Å². The number of nitrogens with zero attached hydrogens (tertiary/aromatic N) is 4. The molecule has 138 valence electrons. The summed E-state index contributed by atoms with van der Waals surface area (Å²) in [7, 11) is 0. The van der Waals surface area contributed by atoms with E-state index in [-0.39, 0.29) is 6.03 Å². The molecule has 0 bridgehead atoms. The largest absolute Gasteiger partial charge is 0.370 e. The van der Waals surface area contributed by atoms with Crippen LogP contribution in [0.3, 0.4) is 0 Å². The monoisotopic (exact) mass is 418 g/mol. The highest BCUT2D eigenvalue weighted by Crippen LogP contribution is 2.19. The highest BCUT2D eigenvalue weighted by atomic mass is 79.9. The summed E-state index contributed by atoms with van der Waals surface area (Å²) >= 11 is 3.39. The maximum atomic E-state index is 12.4. The van der Waals surface area contributed by atoms with Crippen LogP contribution in [0.25, 0.3) is 0 Å². The zero-order valence-corrected chi connectivity index (χ0v) is 16.6. The minimum atomic E-state index is -0.0702. The molecule has 0 spiro atoms. The minimum Gasteiger partial charge on any atom is -0.370 e. The van der Waals surface area contributed by atoms with Gasteiger partial charge in [-0.05, 0) is 38.1 Å². The quantitative estimate of drug-likeness (QED) is 0.796. The van der Waals surface area contributed by atoms with Gasteiger partial charge in [0.25, 0.3) is 0 Å². The van der Waals surface area contributed by atoms with Gasteiger partial charge >= 0.3 is 6.03 Å². The van der Waals surface area contributed by atoms with Crippen molar-refractivity contribution >= 4 is 39.3 Å². The number of urea groups is 1. The third-order valence-electron chi connectivity index (χ3n) is 4.17. The second-order valence-corrected chi connectivity index (χ2v) is 7.02. The lowest BCUT2D eigenvalue weighted by Gasteiger charge is -2.35. The van der Waals surface area contributed by atoms with E-state index in [4.69, 9.17) is 0 Å². The van der Waals surface area contributed by atoms with Crippen LogP contribution in [0.2, 0.25) is 0 Å². The Kier molecular flexibility index (Phi) is 5.92. The van der Waals surface area contributed by atoms with Gasteiger partial charge in [-0.2, -0.15) is 0 Å². The topological polar surface area (TPSA) is 73.4 Å². The molecule has 1 fully saturated rings. The molecule has 0 radical (unpaired) electrons. The van der Waals surface area contributed by atoms with E-state index in [1.165, 1.54) is 0 Å². The number of nitrogens with one attached hydrogen (secondary N) is 2. The van der Waals surface area contributed by atoms with Gasteiger partial charge in [0, 0.05) is 49.0 Å². The van der Waals surface area contributed by atoms with E-state index >= 15 is 0 Å². The molecule has 1 saturated heterocycles. The second kappa shape index (κ2) is 8.35. The van der Waals surface area contributed by atoms with Crippen molar-refractivity contribution in [3.8, 4) is 0 Å². The lowest BCUT2D eigenvalue weighted by Crippen LogP contribution is -2.50. The summed E-state index contributed by atoms with van der Waals surface area (Å²) in [6, 6.07) is 9.47. The number of carbonyl (C=O) groups is 1. The number of piperazine rings is 1. The molecule has 0 aliphatic carbocycles. The van der Waals surface area contributed by atoms with Crippen LogP contribution in [0, 0.1) is 6.92 Å². The van der Waals surface area contributed by atoms with E-state index in [1.54, 1.807) is 0 Å². The van der Waals surface area contributed by atoms with Crippen molar-refractivity contribution in [2.24, 2.45) is 0 Å². The molecule has 1 aromatic heterocycles. The number of carbonyl (C=O) groups excluding carboxylic acids is 1. The number of aromatic nitrogens is 2. The number of benzene rings is 1. The van der Waals surface area contributed by atoms with Gasteiger partial charge < -0.3 is 20.4 Å². The summed E-state index contributed by atoms with van der Waals surface area (Å²) in [5.41, 5.74) is 0.794. The van der Waals surface area contributed by atoms with E-state index in [2.05, 4.69) is 41.4 Å². The van der Waals surface area contributed by atoms with Crippen LogP contribution in [0.4, 0.5) is 22.1 Å². The first-order chi connectivity index (χ1) is 12.5. The number of rotatable bonds is 4. The molecule has 0 unspecified atom stereocenters. The summed E-state index contributed by atoms with van der Waals surface area (Å²) < 4.78 is 0.987. The number of aryl methyl sites for hydroxylation is 1. The van der Waals surface area contributed by atoms with Crippen LogP contribution < -0.4 is 15.5 Å². The Bertz CT molecular complexity index is 759. The maximum Gasteiger partial charge on any atom is 0.321 e. The Labute approximate surface area is 161 Å². The molecule has 2 aromatic rings. The van der Waals surface area contributed by atoms with Gasteiger partial charge in [-0.3, -0.25) is 0 Å². The third kappa shape index (κ3) is 4.63. The Morgan fingerprint density at radius 3 is 2.50 bits per heavy atom. The summed E-state index contributed by atoms with van der Waals surface area (Å²) in [6.07, 6.45) is 0. The van der Waals surface area contributed by atoms with Crippen LogP contribution in [0.15, 0.2) is 34.8 Å². The molecule has 0 saturated carbocycles. The molecule has 2 amide bonds. The predicted octanol–water partition coefficient (Wildman–Crippen LogP) is 3.33. The standard InChI is InChI=1S/C18H23BrN6O/c1-3-20-16-12-17(22-13(2)21-16)24-8-10-25(11-9-24)18(26)23-15-6-4-14(19)5-7-15/h4-7,12H,3,8-11H2,1-2H3,(H,23,26)(H,20,21,22). The summed E-state index contributed by atoms with van der Waals surface area (Å²) in [4.78, 5) is 25.4. The van der Waals surface area contributed by atoms with Crippen LogP contribution >= 0.6 is 15.9 Å². The van der Waals surface area contributed by atoms with Crippen LogP contribution in [0.1, 0.15) is 12.7 Å². The third-order valence-corrected chi connectivity index (χ3v) is 4.70. The fourth-order valence-electron chi connectivity index (χ4n) is 2.86. The molecule has 1 aliphatic rings. The smallest absolute Gasteiger partial charge is 0.321 e. The molecule has 1 aliphatic heterocycles. The van der Waals surface area contributed by atoms with Crippen molar-refractivity contribution in [2.45, 2.75) is 13.8 Å². The first-order valence-electron chi connectivity index (χ1n) is 8.71. The highest BCUT2D eigenvalue weighted by molar-refractivity contribution is 9.10. The van der Waals surface area contributed by atoms with E-state index in [0.717, 1.165) is 47.3 Å². The molecule has 1 aromatic carbocycles. The molecule has 26 heavy (non-hydrogen) atoms. The zero-order valence-electron chi connectivity index (χ0n) is 15.0. The highest BCUT2D eigenvalue weighted by Gasteiger charge is 2.22. The van der Waals surface area contributed by atoms with E-state index in [1.807, 2.05) is 49.1 Å². The first kappa shape index (κ1) is 18.4. The molecule has 3 rings (SSSR count). The normalized spacial score (nSPS) is 14.3. The van der Waals surface area contributed by atoms with Gasteiger partial charge in [0.05, 0.1) is 0 Å². The van der Waals surface area contributed by atoms with E-state index < -0.39 is 0 Å². The van der Waals surface area contributed by atoms with Gasteiger partial charge in [0.15, 0.2) is 0 Å². The predicted molar refractivity (Wildman–Crippen MR) is 108 cm³/mol. The van der Waals surface area contributed by atoms with Crippen molar-refractivity contribution in [2.75, 3.05) is 48.3 Å². The summed E-state index contributed by atoms with van der Waals surface area (Å²) in [5.74, 6) is 2.49. The fourth-order valence-corrected chi connectivity index (χ4v) is 3.12. The number of hydrogen-bond donors (Lipinski definition) is 2. The van der Waals surface area contributed by atoms with Gasteiger partial charge in [-0.15, -0.1) is 0 Å². The van der Waals surface area contributed by atoms with Gasteiger partial charge in [0.2, 0.25) is 0 Å². The number of amides is 2. The Hall–Kier alpha value is -2.35. The van der Waals surface area contributed by atoms with Gasteiger partial charge in [0.1, 0.15) is 17.5 Å². The first-order valence-corrected chi connectivity index (χ1v) is 9.50. The maximum absolute atomic E-state index is 12.4. The number of hydrogen-bond acceptors (Lipinski definition) is 5. The van der Waals surface area contributed by atoms with E-state index in [0.29, 0.717) is 13.1 Å². The van der Waals surface area contributed by atoms with Crippen molar-refractivity contribution in [1.29, 1.82) is 0 Å². The Morgan fingerprint density at radius 1 is 1.15 bits per heavy atom. The van der Waals surface area contributed by atoms with Crippen molar-refractivity contribution < 1.29 is 4.79 Å². The minimum absolute atomic E-state index is 0.0702. The summed E-state index contributed by atoms with van der Waals surface area (Å²) in [5, 5.41) is 6.17.